The molecule has 0 aliphatic rings. The van der Waals surface area contributed by atoms with Gasteiger partial charge in [-0.3, -0.25) is 4.79 Å². The zero-order chi connectivity index (χ0) is 17.5. The minimum Gasteiger partial charge on any atom is -0.444 e. The molecule has 0 saturated heterocycles. The highest BCUT2D eigenvalue weighted by atomic mass is 32.2. The van der Waals surface area contributed by atoms with Crippen LogP contribution in [0.25, 0.3) is 0 Å². The molecule has 1 heterocycles. The molecule has 0 unspecified atom stereocenters. The van der Waals surface area contributed by atoms with E-state index in [1.165, 1.54) is 15.6 Å². The maximum absolute atomic E-state index is 11.9. The third-order valence-corrected chi connectivity index (χ3v) is 3.45. The Morgan fingerprint density at radius 1 is 1.48 bits per heavy atom. The van der Waals surface area contributed by atoms with Gasteiger partial charge in [0.05, 0.1) is 18.4 Å². The molecule has 7 nitrogen and oxygen atoms in total. The molecule has 0 aliphatic carbocycles. The average molecular weight is 342 g/mol. The van der Waals surface area contributed by atoms with Gasteiger partial charge in [0.25, 0.3) is 5.56 Å². The van der Waals surface area contributed by atoms with Crippen molar-refractivity contribution in [1.29, 1.82) is 0 Å². The van der Waals surface area contributed by atoms with Gasteiger partial charge < -0.3 is 15.0 Å². The van der Waals surface area contributed by atoms with E-state index < -0.39 is 5.60 Å². The molecular weight excluding hydrogens is 316 g/mol. The highest BCUT2D eigenvalue weighted by molar-refractivity contribution is 7.98. The second-order valence-corrected chi connectivity index (χ2v) is 7.11. The maximum Gasteiger partial charge on any atom is 0.410 e. The molecule has 1 rings (SSSR count). The Bertz CT molecular complexity index is 569. The minimum absolute atomic E-state index is 0.135. The van der Waals surface area contributed by atoms with Crippen molar-refractivity contribution < 1.29 is 9.53 Å². The number of thioether (sulfide) groups is 1. The Balaban J connectivity index is 2.45. The Hall–Kier alpha value is -1.70. The molecule has 1 amide bonds. The molecule has 0 aromatic carbocycles. The number of ether oxygens (including phenoxy) is 1. The molecule has 0 radical (unpaired) electrons. The van der Waals surface area contributed by atoms with Crippen LogP contribution in [-0.2, 0) is 11.3 Å². The first kappa shape index (κ1) is 19.3. The highest BCUT2D eigenvalue weighted by Crippen LogP contribution is 2.09. The molecule has 0 spiro atoms. The van der Waals surface area contributed by atoms with Gasteiger partial charge in [-0.2, -0.15) is 16.9 Å². The number of nitrogens with zero attached hydrogens (tertiary/aromatic N) is 3. The van der Waals surface area contributed by atoms with E-state index in [9.17, 15) is 9.59 Å². The highest BCUT2D eigenvalue weighted by Gasteiger charge is 2.19. The van der Waals surface area contributed by atoms with Crippen LogP contribution in [0.1, 0.15) is 20.8 Å². The molecule has 130 valence electrons. The summed E-state index contributed by atoms with van der Waals surface area (Å²) in [7, 11) is 1.67. The number of hydrogen-bond donors (Lipinski definition) is 1. The van der Waals surface area contributed by atoms with Crippen LogP contribution in [-0.4, -0.2) is 58.5 Å². The second-order valence-electron chi connectivity index (χ2n) is 6.13. The quantitative estimate of drug-likeness (QED) is 0.815. The van der Waals surface area contributed by atoms with Crippen LogP contribution < -0.4 is 10.9 Å². The molecule has 1 aromatic heterocycles. The van der Waals surface area contributed by atoms with Gasteiger partial charge in [-0.05, 0) is 27.0 Å². The number of nitrogens with one attached hydrogen (secondary N) is 1. The lowest BCUT2D eigenvalue weighted by molar-refractivity contribution is 0.0305. The van der Waals surface area contributed by atoms with Crippen molar-refractivity contribution in [3.63, 3.8) is 0 Å². The Morgan fingerprint density at radius 2 is 2.17 bits per heavy atom. The van der Waals surface area contributed by atoms with Crippen LogP contribution in [0, 0.1) is 0 Å². The number of hydrogen-bond acceptors (Lipinski definition) is 6. The molecule has 8 heteroatoms. The summed E-state index contributed by atoms with van der Waals surface area (Å²) in [6.07, 6.45) is 3.24. The first-order valence-corrected chi connectivity index (χ1v) is 8.86. The Morgan fingerprint density at radius 3 is 2.74 bits per heavy atom. The summed E-state index contributed by atoms with van der Waals surface area (Å²) in [5.41, 5.74) is 0.00167. The van der Waals surface area contributed by atoms with Gasteiger partial charge in [-0.25, -0.2) is 9.48 Å². The third kappa shape index (κ3) is 7.40. The summed E-state index contributed by atoms with van der Waals surface area (Å²) in [4.78, 5) is 25.2. The fourth-order valence-corrected chi connectivity index (χ4v) is 2.03. The van der Waals surface area contributed by atoms with Crippen LogP contribution in [0.5, 0.6) is 0 Å². The third-order valence-electron chi connectivity index (χ3n) is 2.86. The summed E-state index contributed by atoms with van der Waals surface area (Å²) in [6.45, 7) is 7.05. The number of likely N-dealkylation sites (N-methyl/N-ethyl adjacent to an activating group) is 1. The van der Waals surface area contributed by atoms with Crippen molar-refractivity contribution in [3.05, 3.63) is 22.6 Å². The SMILES string of the molecule is CSCCn1ncc(NCCN(C)C(=O)OC(C)(C)C)cc1=O. The molecule has 1 aromatic rings. The largest absolute Gasteiger partial charge is 0.444 e. The predicted molar refractivity (Wildman–Crippen MR) is 94.2 cm³/mol. The van der Waals surface area contributed by atoms with Crippen molar-refractivity contribution in [2.24, 2.45) is 0 Å². The van der Waals surface area contributed by atoms with Crippen molar-refractivity contribution in [1.82, 2.24) is 14.7 Å². The molecule has 1 N–H and O–H groups in total. The zero-order valence-electron chi connectivity index (χ0n) is 14.5. The normalized spacial score (nSPS) is 11.2. The van der Waals surface area contributed by atoms with Gasteiger partial charge in [0.1, 0.15) is 5.60 Å². The predicted octanol–water partition coefficient (Wildman–Crippen LogP) is 1.89. The van der Waals surface area contributed by atoms with Crippen LogP contribution in [0.3, 0.4) is 0 Å². The number of rotatable bonds is 7. The fraction of sp³-hybridized carbons (Fsp3) is 0.667. The summed E-state index contributed by atoms with van der Waals surface area (Å²) >= 11 is 1.67. The lowest BCUT2D eigenvalue weighted by atomic mass is 10.2. The number of amides is 1. The number of aryl methyl sites for hydroxylation is 1. The molecule has 0 atom stereocenters. The monoisotopic (exact) mass is 342 g/mol. The zero-order valence-corrected chi connectivity index (χ0v) is 15.3. The first-order valence-electron chi connectivity index (χ1n) is 7.47. The number of aromatic nitrogens is 2. The molecular formula is C15H26N4O3S. The van der Waals surface area contributed by atoms with Gasteiger partial charge >= 0.3 is 6.09 Å². The van der Waals surface area contributed by atoms with Gasteiger partial charge in [-0.15, -0.1) is 0 Å². The summed E-state index contributed by atoms with van der Waals surface area (Å²) in [5, 5.41) is 7.21. The van der Waals surface area contributed by atoms with E-state index in [-0.39, 0.29) is 11.7 Å². The average Bonchev–Trinajstić information content (AvgIpc) is 2.44. The second kappa shape index (κ2) is 8.81. The van der Waals surface area contributed by atoms with Crippen LogP contribution in [0.4, 0.5) is 10.5 Å². The molecule has 0 bridgehead atoms. The standard InChI is InChI=1S/C15H26N4O3S/c1-15(2,3)22-14(21)18(4)7-6-16-12-10-13(20)19(17-11-12)8-9-23-5/h10-11,16H,6-9H2,1-5H3. The van der Waals surface area contributed by atoms with Gasteiger partial charge in [-0.1, -0.05) is 0 Å². The van der Waals surface area contributed by atoms with E-state index in [0.717, 1.165) is 5.75 Å². The minimum atomic E-state index is -0.510. The van der Waals surface area contributed by atoms with E-state index in [1.807, 2.05) is 27.0 Å². The number of carbonyl (C=O) groups excluding carboxylic acids is 1. The molecule has 0 aliphatic heterocycles. The smallest absolute Gasteiger partial charge is 0.410 e. The van der Waals surface area contributed by atoms with E-state index in [1.54, 1.807) is 25.0 Å². The Kier molecular flexibility index (Phi) is 7.41. The summed E-state index contributed by atoms with van der Waals surface area (Å²) in [6, 6.07) is 1.51. The van der Waals surface area contributed by atoms with Crippen LogP contribution >= 0.6 is 11.8 Å². The van der Waals surface area contributed by atoms with Gasteiger partial charge in [0.15, 0.2) is 0 Å². The number of carbonyl (C=O) groups is 1. The maximum atomic E-state index is 11.9. The topological polar surface area (TPSA) is 76.5 Å². The lowest BCUT2D eigenvalue weighted by Gasteiger charge is -2.24. The van der Waals surface area contributed by atoms with Gasteiger partial charge in [0.2, 0.25) is 0 Å². The Labute approximate surface area is 141 Å². The first-order chi connectivity index (χ1) is 10.7. The van der Waals surface area contributed by atoms with Crippen molar-refractivity contribution in [2.75, 3.05) is 37.5 Å². The van der Waals surface area contributed by atoms with E-state index in [2.05, 4.69) is 10.4 Å². The van der Waals surface area contributed by atoms with Crippen LogP contribution in [0.15, 0.2) is 17.1 Å². The van der Waals surface area contributed by atoms with Crippen molar-refractivity contribution in [3.8, 4) is 0 Å². The summed E-state index contributed by atoms with van der Waals surface area (Å²) in [5.74, 6) is 0.848. The molecule has 0 saturated carbocycles. The lowest BCUT2D eigenvalue weighted by Crippen LogP contribution is -2.36. The van der Waals surface area contributed by atoms with E-state index in [0.29, 0.717) is 25.3 Å². The molecule has 23 heavy (non-hydrogen) atoms. The summed E-state index contributed by atoms with van der Waals surface area (Å²) < 4.78 is 6.71. The number of anilines is 1. The van der Waals surface area contributed by atoms with E-state index >= 15 is 0 Å². The van der Waals surface area contributed by atoms with Gasteiger partial charge in [0, 0.05) is 32.0 Å². The fourth-order valence-electron chi connectivity index (χ4n) is 1.68. The van der Waals surface area contributed by atoms with E-state index in [4.69, 9.17) is 4.74 Å². The van der Waals surface area contributed by atoms with Crippen molar-refractivity contribution in [2.45, 2.75) is 32.9 Å². The van der Waals surface area contributed by atoms with Crippen LogP contribution in [0.2, 0.25) is 0 Å². The molecule has 0 fully saturated rings. The van der Waals surface area contributed by atoms with Crippen molar-refractivity contribution >= 4 is 23.5 Å².